The number of halogens is 2. The van der Waals surface area contributed by atoms with Crippen LogP contribution >= 0.6 is 23.2 Å². The summed E-state index contributed by atoms with van der Waals surface area (Å²) in [5, 5.41) is 4.94. The second-order valence-corrected chi connectivity index (χ2v) is 12.0. The van der Waals surface area contributed by atoms with E-state index in [2.05, 4.69) is 10.5 Å². The topological polar surface area (TPSA) is 111 Å². The van der Waals surface area contributed by atoms with E-state index in [-0.39, 0.29) is 27.1 Å². The lowest BCUT2D eigenvalue weighted by atomic mass is 10.2. The summed E-state index contributed by atoms with van der Waals surface area (Å²) in [5.41, 5.74) is 5.81. The van der Waals surface area contributed by atoms with Crippen molar-refractivity contribution in [2.24, 2.45) is 5.10 Å². The zero-order valence-electron chi connectivity index (χ0n) is 24.1. The summed E-state index contributed by atoms with van der Waals surface area (Å²) in [6.07, 6.45) is 1.49. The van der Waals surface area contributed by atoms with Crippen molar-refractivity contribution >= 4 is 51.0 Å². The van der Waals surface area contributed by atoms with Crippen molar-refractivity contribution in [2.75, 3.05) is 32.2 Å². The number of aryl methyl sites for hydroxylation is 1. The lowest BCUT2D eigenvalue weighted by molar-refractivity contribution is -0.119. The van der Waals surface area contributed by atoms with Crippen LogP contribution in [0.15, 0.2) is 76.7 Å². The van der Waals surface area contributed by atoms with Crippen LogP contribution < -0.4 is 23.9 Å². The summed E-state index contributed by atoms with van der Waals surface area (Å²) in [6.45, 7) is 3.20. The standard InChI is InChI=1S/C30H30Cl2N4O6S/c1-19-14-21(20(2)36(19)25-9-7-6-8-24(25)32)17-33-34-30(37)18-35(26-15-22(31)10-12-27(26)40-3)43(38,39)23-11-13-28(41-4)29(16-23)42-5/h6-17H,18H2,1-5H3,(H,34,37)/b33-17+. The highest BCUT2D eigenvalue weighted by molar-refractivity contribution is 7.92. The van der Waals surface area contributed by atoms with Gasteiger partial charge in [-0.3, -0.25) is 9.10 Å². The van der Waals surface area contributed by atoms with Gasteiger partial charge in [0.15, 0.2) is 11.5 Å². The first kappa shape index (κ1) is 31.7. The molecule has 0 atom stereocenters. The maximum absolute atomic E-state index is 14.0. The van der Waals surface area contributed by atoms with Crippen molar-refractivity contribution in [1.29, 1.82) is 0 Å². The Balaban J connectivity index is 1.65. The first-order chi connectivity index (χ1) is 20.5. The summed E-state index contributed by atoms with van der Waals surface area (Å²) < 4.78 is 46.7. The number of anilines is 1. The Morgan fingerprint density at radius 1 is 0.930 bits per heavy atom. The quantitative estimate of drug-likeness (QED) is 0.164. The molecule has 0 aliphatic carbocycles. The number of benzene rings is 3. The molecular formula is C30H30Cl2N4O6S. The summed E-state index contributed by atoms with van der Waals surface area (Å²) in [7, 11) is -0.129. The van der Waals surface area contributed by atoms with Gasteiger partial charge < -0.3 is 18.8 Å². The van der Waals surface area contributed by atoms with E-state index in [1.807, 2.05) is 42.7 Å². The molecule has 0 spiro atoms. The fraction of sp³-hybridized carbons (Fsp3) is 0.200. The molecule has 0 aliphatic rings. The van der Waals surface area contributed by atoms with Gasteiger partial charge in [0.05, 0.1) is 48.8 Å². The molecule has 4 rings (SSSR count). The van der Waals surface area contributed by atoms with Crippen molar-refractivity contribution < 1.29 is 27.4 Å². The highest BCUT2D eigenvalue weighted by atomic mass is 35.5. The molecule has 13 heteroatoms. The normalized spacial score (nSPS) is 11.4. The van der Waals surface area contributed by atoms with E-state index < -0.39 is 22.5 Å². The van der Waals surface area contributed by atoms with E-state index in [1.54, 1.807) is 12.1 Å². The molecule has 10 nitrogen and oxygen atoms in total. The highest BCUT2D eigenvalue weighted by Gasteiger charge is 2.30. The molecule has 1 amide bonds. The molecule has 0 saturated heterocycles. The lowest BCUT2D eigenvalue weighted by Crippen LogP contribution is -2.39. The Morgan fingerprint density at radius 2 is 1.60 bits per heavy atom. The summed E-state index contributed by atoms with van der Waals surface area (Å²) in [5.74, 6) is 0.0262. The van der Waals surface area contributed by atoms with Crippen molar-refractivity contribution in [1.82, 2.24) is 9.99 Å². The number of rotatable bonds is 11. The summed E-state index contributed by atoms with van der Waals surface area (Å²) in [6, 6.07) is 17.9. The number of sulfonamides is 1. The van der Waals surface area contributed by atoms with Crippen molar-refractivity contribution in [3.05, 3.63) is 93.7 Å². The number of aromatic nitrogens is 1. The Kier molecular flexibility index (Phi) is 9.90. The van der Waals surface area contributed by atoms with Crippen molar-refractivity contribution in [2.45, 2.75) is 18.7 Å². The molecule has 0 saturated carbocycles. The molecule has 43 heavy (non-hydrogen) atoms. The molecule has 1 heterocycles. The summed E-state index contributed by atoms with van der Waals surface area (Å²) >= 11 is 12.6. The van der Waals surface area contributed by atoms with E-state index in [1.165, 1.54) is 57.9 Å². The maximum Gasteiger partial charge on any atom is 0.265 e. The van der Waals surface area contributed by atoms with Gasteiger partial charge in [0.1, 0.15) is 12.3 Å². The minimum atomic E-state index is -4.35. The third-order valence-electron chi connectivity index (χ3n) is 6.60. The smallest absolute Gasteiger partial charge is 0.265 e. The van der Waals surface area contributed by atoms with Crippen LogP contribution in [-0.2, 0) is 14.8 Å². The van der Waals surface area contributed by atoms with Crippen LogP contribution in [0.4, 0.5) is 5.69 Å². The van der Waals surface area contributed by atoms with Crippen LogP contribution in [0.3, 0.4) is 0 Å². The molecule has 4 aromatic rings. The van der Waals surface area contributed by atoms with Crippen LogP contribution in [0.1, 0.15) is 17.0 Å². The highest BCUT2D eigenvalue weighted by Crippen LogP contribution is 2.37. The predicted molar refractivity (Wildman–Crippen MR) is 168 cm³/mol. The number of para-hydroxylation sites is 1. The molecule has 0 bridgehead atoms. The largest absolute Gasteiger partial charge is 0.495 e. The Bertz CT molecular complexity index is 1790. The second-order valence-electron chi connectivity index (χ2n) is 9.25. The third-order valence-corrected chi connectivity index (χ3v) is 8.91. The average Bonchev–Trinajstić information content (AvgIpc) is 3.27. The number of nitrogens with zero attached hydrogens (tertiary/aromatic N) is 3. The number of methoxy groups -OCH3 is 3. The minimum absolute atomic E-state index is 0.0622. The van der Waals surface area contributed by atoms with Crippen LogP contribution in [0.25, 0.3) is 5.69 Å². The number of ether oxygens (including phenoxy) is 3. The van der Waals surface area contributed by atoms with Gasteiger partial charge in [-0.05, 0) is 62.4 Å². The molecular weight excluding hydrogens is 615 g/mol. The van der Waals surface area contributed by atoms with Crippen LogP contribution in [0, 0.1) is 13.8 Å². The predicted octanol–water partition coefficient (Wildman–Crippen LogP) is 5.77. The van der Waals surface area contributed by atoms with E-state index >= 15 is 0 Å². The fourth-order valence-electron chi connectivity index (χ4n) is 4.52. The van der Waals surface area contributed by atoms with E-state index in [4.69, 9.17) is 37.4 Å². The van der Waals surface area contributed by atoms with Gasteiger partial charge in [0, 0.05) is 28.0 Å². The van der Waals surface area contributed by atoms with Crippen LogP contribution in [-0.4, -0.2) is 53.0 Å². The Hall–Kier alpha value is -4.19. The van der Waals surface area contributed by atoms with Gasteiger partial charge in [-0.2, -0.15) is 5.10 Å². The Labute approximate surface area is 260 Å². The van der Waals surface area contributed by atoms with Gasteiger partial charge in [0.2, 0.25) is 0 Å². The minimum Gasteiger partial charge on any atom is -0.495 e. The maximum atomic E-state index is 14.0. The molecule has 0 radical (unpaired) electrons. The fourth-order valence-corrected chi connectivity index (χ4v) is 6.35. The van der Waals surface area contributed by atoms with Gasteiger partial charge in [0.25, 0.3) is 15.9 Å². The number of amides is 1. The number of hydrazone groups is 1. The zero-order valence-corrected chi connectivity index (χ0v) is 26.4. The van der Waals surface area contributed by atoms with Crippen LogP contribution in [0.5, 0.6) is 17.2 Å². The van der Waals surface area contributed by atoms with Crippen molar-refractivity contribution in [3.8, 4) is 22.9 Å². The number of nitrogens with one attached hydrogen (secondary N) is 1. The first-order valence-corrected chi connectivity index (χ1v) is 15.1. The SMILES string of the molecule is COc1ccc(S(=O)(=O)N(CC(=O)N/N=C/c2cc(C)n(-c3ccccc3Cl)c2C)c2cc(Cl)ccc2OC)cc1OC. The van der Waals surface area contributed by atoms with Gasteiger partial charge in [-0.25, -0.2) is 13.8 Å². The van der Waals surface area contributed by atoms with E-state index in [0.717, 1.165) is 26.9 Å². The Morgan fingerprint density at radius 3 is 2.28 bits per heavy atom. The number of hydrogen-bond donors (Lipinski definition) is 1. The monoisotopic (exact) mass is 644 g/mol. The summed E-state index contributed by atoms with van der Waals surface area (Å²) in [4.78, 5) is 13.0. The molecule has 0 aliphatic heterocycles. The second kappa shape index (κ2) is 13.4. The molecule has 1 N–H and O–H groups in total. The van der Waals surface area contributed by atoms with Crippen molar-refractivity contribution in [3.63, 3.8) is 0 Å². The van der Waals surface area contributed by atoms with Gasteiger partial charge in [-0.1, -0.05) is 35.3 Å². The molecule has 0 unspecified atom stereocenters. The molecule has 0 fully saturated rings. The van der Waals surface area contributed by atoms with E-state index in [0.29, 0.717) is 10.8 Å². The first-order valence-electron chi connectivity index (χ1n) is 12.9. The number of carbonyl (C=O) groups excluding carboxylic acids is 1. The number of hydrogen-bond acceptors (Lipinski definition) is 7. The van der Waals surface area contributed by atoms with Gasteiger partial charge >= 0.3 is 0 Å². The molecule has 226 valence electrons. The lowest BCUT2D eigenvalue weighted by Gasteiger charge is -2.25. The zero-order chi connectivity index (χ0) is 31.3. The van der Waals surface area contributed by atoms with E-state index in [9.17, 15) is 13.2 Å². The number of carbonyl (C=O) groups is 1. The third kappa shape index (κ3) is 6.74. The molecule has 3 aromatic carbocycles. The van der Waals surface area contributed by atoms with Crippen LogP contribution in [0.2, 0.25) is 10.0 Å². The molecule has 1 aromatic heterocycles. The average molecular weight is 646 g/mol. The van der Waals surface area contributed by atoms with Gasteiger partial charge in [-0.15, -0.1) is 0 Å².